The van der Waals surface area contributed by atoms with Crippen LogP contribution >= 0.6 is 0 Å². The molecular weight excluding hydrogens is 317 g/mol. The van der Waals surface area contributed by atoms with E-state index in [1.165, 1.54) is 24.3 Å². The first-order valence-electron chi connectivity index (χ1n) is 6.91. The third-order valence-corrected chi connectivity index (χ3v) is 3.62. The predicted octanol–water partition coefficient (Wildman–Crippen LogP) is 2.78. The number of benzene rings is 2. The number of carboxylic acid groups (broad SMARTS) is 1. The van der Waals surface area contributed by atoms with Crippen LogP contribution in [0.3, 0.4) is 0 Å². The van der Waals surface area contributed by atoms with E-state index >= 15 is 0 Å². The Morgan fingerprint density at radius 3 is 2.42 bits per heavy atom. The minimum absolute atomic E-state index is 0.100. The maximum absolute atomic E-state index is 13.5. The average Bonchev–Trinajstić information content (AvgIpc) is 2.52. The standard InChI is InChI=1S/C17H12FNO5/c18-11-7-12-10(6-15(11)21)9(5-13(19-12)17(23)24)3-8-1-2-14(20)16(22)4-8/h1-2,4-7,20-22H,3H2,(H,23,24). The van der Waals surface area contributed by atoms with Crippen molar-refractivity contribution >= 4 is 16.9 Å². The molecule has 3 aromatic rings. The Morgan fingerprint density at radius 2 is 1.75 bits per heavy atom. The number of hydrogen-bond acceptors (Lipinski definition) is 5. The fourth-order valence-corrected chi connectivity index (χ4v) is 2.46. The summed E-state index contributed by atoms with van der Waals surface area (Å²) in [4.78, 5) is 15.1. The van der Waals surface area contributed by atoms with Gasteiger partial charge in [0.25, 0.3) is 0 Å². The Bertz CT molecular complexity index is 971. The highest BCUT2D eigenvalue weighted by Gasteiger charge is 2.14. The molecule has 0 saturated heterocycles. The monoisotopic (exact) mass is 329 g/mol. The molecule has 0 unspecified atom stereocenters. The molecule has 7 heteroatoms. The van der Waals surface area contributed by atoms with Crippen LogP contribution in [-0.2, 0) is 6.42 Å². The molecule has 0 bridgehead atoms. The summed E-state index contributed by atoms with van der Waals surface area (Å²) < 4.78 is 13.5. The summed E-state index contributed by atoms with van der Waals surface area (Å²) >= 11 is 0. The van der Waals surface area contributed by atoms with Gasteiger partial charge in [0.15, 0.2) is 23.1 Å². The van der Waals surface area contributed by atoms with Gasteiger partial charge in [-0.2, -0.15) is 0 Å². The van der Waals surface area contributed by atoms with E-state index in [4.69, 9.17) is 5.11 Å². The van der Waals surface area contributed by atoms with Crippen LogP contribution in [0.5, 0.6) is 17.2 Å². The fraction of sp³-hybridized carbons (Fsp3) is 0.0588. The minimum Gasteiger partial charge on any atom is -0.505 e. The van der Waals surface area contributed by atoms with Crippen LogP contribution in [0.25, 0.3) is 10.9 Å². The van der Waals surface area contributed by atoms with Crippen molar-refractivity contribution < 1.29 is 29.6 Å². The largest absolute Gasteiger partial charge is 0.505 e. The van der Waals surface area contributed by atoms with E-state index in [1.54, 1.807) is 6.07 Å². The highest BCUT2D eigenvalue weighted by Crippen LogP contribution is 2.30. The zero-order valence-corrected chi connectivity index (χ0v) is 12.2. The lowest BCUT2D eigenvalue weighted by atomic mass is 9.99. The molecule has 0 aliphatic rings. The quantitative estimate of drug-likeness (QED) is 0.550. The number of aromatic nitrogens is 1. The van der Waals surface area contributed by atoms with Gasteiger partial charge >= 0.3 is 5.97 Å². The van der Waals surface area contributed by atoms with Gasteiger partial charge in [-0.3, -0.25) is 0 Å². The van der Waals surface area contributed by atoms with Gasteiger partial charge in [0, 0.05) is 11.5 Å². The van der Waals surface area contributed by atoms with Crippen molar-refractivity contribution in [2.45, 2.75) is 6.42 Å². The first-order chi connectivity index (χ1) is 11.3. The van der Waals surface area contributed by atoms with Crippen LogP contribution in [0.15, 0.2) is 36.4 Å². The summed E-state index contributed by atoms with van der Waals surface area (Å²) in [5.41, 5.74) is 0.921. The molecule has 0 saturated carbocycles. The van der Waals surface area contributed by atoms with E-state index in [1.807, 2.05) is 0 Å². The van der Waals surface area contributed by atoms with Crippen LogP contribution in [0.2, 0.25) is 0 Å². The zero-order chi connectivity index (χ0) is 17.4. The second-order valence-corrected chi connectivity index (χ2v) is 5.29. The Kier molecular flexibility index (Phi) is 3.69. The second-order valence-electron chi connectivity index (χ2n) is 5.29. The normalized spacial score (nSPS) is 10.9. The number of aromatic carboxylic acids is 1. The summed E-state index contributed by atoms with van der Waals surface area (Å²) in [6.45, 7) is 0. The van der Waals surface area contributed by atoms with E-state index < -0.39 is 17.5 Å². The van der Waals surface area contributed by atoms with Crippen molar-refractivity contribution in [3.63, 3.8) is 0 Å². The SMILES string of the molecule is O=C(O)c1cc(Cc2ccc(O)c(O)c2)c2cc(O)c(F)cc2n1. The van der Waals surface area contributed by atoms with Crippen molar-refractivity contribution in [1.29, 1.82) is 0 Å². The molecule has 0 fully saturated rings. The minimum atomic E-state index is -1.26. The molecule has 0 amide bonds. The predicted molar refractivity (Wildman–Crippen MR) is 82.9 cm³/mol. The molecule has 0 radical (unpaired) electrons. The molecule has 0 atom stereocenters. The number of fused-ring (bicyclic) bond motifs is 1. The van der Waals surface area contributed by atoms with Crippen molar-refractivity contribution in [2.24, 2.45) is 0 Å². The molecule has 6 nitrogen and oxygen atoms in total. The summed E-state index contributed by atoms with van der Waals surface area (Å²) in [7, 11) is 0. The van der Waals surface area contributed by atoms with Gasteiger partial charge in [-0.05, 0) is 41.8 Å². The van der Waals surface area contributed by atoms with E-state index in [2.05, 4.69) is 4.98 Å². The Hall–Kier alpha value is -3.35. The van der Waals surface area contributed by atoms with Gasteiger partial charge in [-0.25, -0.2) is 14.2 Å². The first kappa shape index (κ1) is 15.5. The number of rotatable bonds is 3. The second kappa shape index (κ2) is 5.69. The number of aromatic hydroxyl groups is 3. The molecule has 0 spiro atoms. The van der Waals surface area contributed by atoms with E-state index in [0.29, 0.717) is 16.5 Å². The first-order valence-corrected chi connectivity index (χ1v) is 6.91. The molecule has 1 aromatic heterocycles. The Morgan fingerprint density at radius 1 is 1.00 bits per heavy atom. The highest BCUT2D eigenvalue weighted by molar-refractivity contribution is 5.92. The van der Waals surface area contributed by atoms with Crippen molar-refractivity contribution in [2.75, 3.05) is 0 Å². The van der Waals surface area contributed by atoms with Gasteiger partial charge in [0.05, 0.1) is 5.52 Å². The fourth-order valence-electron chi connectivity index (χ4n) is 2.46. The third kappa shape index (κ3) is 2.79. The number of pyridine rings is 1. The Balaban J connectivity index is 2.18. The van der Waals surface area contributed by atoms with Crippen LogP contribution in [0.1, 0.15) is 21.6 Å². The maximum atomic E-state index is 13.5. The number of hydrogen-bond donors (Lipinski definition) is 4. The lowest BCUT2D eigenvalue weighted by Gasteiger charge is -2.10. The molecule has 2 aromatic carbocycles. The average molecular weight is 329 g/mol. The van der Waals surface area contributed by atoms with Crippen LogP contribution in [-0.4, -0.2) is 31.4 Å². The van der Waals surface area contributed by atoms with Crippen LogP contribution < -0.4 is 0 Å². The van der Waals surface area contributed by atoms with Crippen molar-refractivity contribution in [3.8, 4) is 17.2 Å². The summed E-state index contributed by atoms with van der Waals surface area (Å²) in [5, 5.41) is 38.1. The van der Waals surface area contributed by atoms with E-state index in [-0.39, 0.29) is 29.1 Å². The summed E-state index contributed by atoms with van der Waals surface area (Å²) in [6.07, 6.45) is 0.193. The summed E-state index contributed by atoms with van der Waals surface area (Å²) in [5.74, 6) is -3.31. The molecule has 0 aliphatic carbocycles. The van der Waals surface area contributed by atoms with Gasteiger partial charge in [-0.15, -0.1) is 0 Å². The van der Waals surface area contributed by atoms with Crippen LogP contribution in [0, 0.1) is 5.82 Å². The lowest BCUT2D eigenvalue weighted by molar-refractivity contribution is 0.0691. The van der Waals surface area contributed by atoms with Gasteiger partial charge in [0.1, 0.15) is 5.69 Å². The van der Waals surface area contributed by atoms with Crippen LogP contribution in [0.4, 0.5) is 4.39 Å². The maximum Gasteiger partial charge on any atom is 0.354 e. The molecule has 1 heterocycles. The van der Waals surface area contributed by atoms with Crippen molar-refractivity contribution in [1.82, 2.24) is 4.98 Å². The molecule has 24 heavy (non-hydrogen) atoms. The number of phenols is 3. The smallest absolute Gasteiger partial charge is 0.354 e. The molecule has 4 N–H and O–H groups in total. The highest BCUT2D eigenvalue weighted by atomic mass is 19.1. The Labute approximate surface area is 135 Å². The number of nitrogens with zero attached hydrogens (tertiary/aromatic N) is 1. The van der Waals surface area contributed by atoms with Gasteiger partial charge in [-0.1, -0.05) is 6.07 Å². The van der Waals surface area contributed by atoms with Gasteiger partial charge < -0.3 is 20.4 Å². The zero-order valence-electron chi connectivity index (χ0n) is 12.2. The molecule has 122 valence electrons. The van der Waals surface area contributed by atoms with Crippen molar-refractivity contribution in [3.05, 3.63) is 59.0 Å². The topological polar surface area (TPSA) is 111 Å². The van der Waals surface area contributed by atoms with E-state index in [0.717, 1.165) is 6.07 Å². The number of carbonyl (C=O) groups is 1. The molecular formula is C17H12FNO5. The third-order valence-electron chi connectivity index (χ3n) is 3.62. The number of halogens is 1. The molecule has 3 rings (SSSR count). The summed E-state index contributed by atoms with van der Waals surface area (Å²) in [6, 6.07) is 7.68. The van der Waals surface area contributed by atoms with E-state index in [9.17, 15) is 24.5 Å². The van der Waals surface area contributed by atoms with Gasteiger partial charge in [0.2, 0.25) is 0 Å². The molecule has 0 aliphatic heterocycles. The lowest BCUT2D eigenvalue weighted by Crippen LogP contribution is -2.03. The number of phenolic OH excluding ortho intramolecular Hbond substituents is 3. The number of carboxylic acids is 1.